The van der Waals surface area contributed by atoms with Gasteiger partial charge in [0.15, 0.2) is 0 Å². The fourth-order valence-corrected chi connectivity index (χ4v) is 1.53. The lowest BCUT2D eigenvalue weighted by molar-refractivity contribution is 0.247. The first-order valence-corrected chi connectivity index (χ1v) is 5.77. The van der Waals surface area contributed by atoms with Gasteiger partial charge in [0.1, 0.15) is 6.07 Å². The van der Waals surface area contributed by atoms with Crippen LogP contribution in [0.5, 0.6) is 0 Å². The number of amides is 2. The molecule has 0 aliphatic heterocycles. The molecule has 0 unspecified atom stereocenters. The number of anilines is 1. The first-order valence-electron chi connectivity index (χ1n) is 5.77. The van der Waals surface area contributed by atoms with E-state index in [9.17, 15) is 4.79 Å². The van der Waals surface area contributed by atoms with E-state index < -0.39 is 0 Å². The number of nitrogens with one attached hydrogen (secondary N) is 2. The van der Waals surface area contributed by atoms with Gasteiger partial charge in [0.2, 0.25) is 0 Å². The van der Waals surface area contributed by atoms with Gasteiger partial charge in [0.05, 0.1) is 11.3 Å². The zero-order chi connectivity index (χ0) is 12.7. The molecule has 1 aromatic carbocycles. The molecular weight excluding hydrogens is 214 g/mol. The van der Waals surface area contributed by atoms with Gasteiger partial charge < -0.3 is 10.6 Å². The van der Waals surface area contributed by atoms with E-state index in [4.69, 9.17) is 5.26 Å². The number of nitriles is 1. The van der Waals surface area contributed by atoms with E-state index in [2.05, 4.69) is 10.6 Å². The number of rotatable bonds is 4. The second-order valence-corrected chi connectivity index (χ2v) is 3.77. The molecule has 0 aliphatic rings. The average molecular weight is 231 g/mol. The molecule has 0 heterocycles. The third kappa shape index (κ3) is 3.80. The Bertz CT molecular complexity index is 419. The minimum atomic E-state index is -0.263. The quantitative estimate of drug-likeness (QED) is 0.836. The fourth-order valence-electron chi connectivity index (χ4n) is 1.53. The molecule has 0 saturated carbocycles. The van der Waals surface area contributed by atoms with Crippen molar-refractivity contribution in [2.45, 2.75) is 32.7 Å². The molecule has 0 aliphatic carbocycles. The second-order valence-electron chi connectivity index (χ2n) is 3.77. The third-order valence-electron chi connectivity index (χ3n) is 2.62. The summed E-state index contributed by atoms with van der Waals surface area (Å²) in [5.74, 6) is 0. The number of para-hydroxylation sites is 1. The SMILES string of the molecule is CCC(CC)NC(=O)Nc1ccccc1C#N. The molecule has 0 atom stereocenters. The highest BCUT2D eigenvalue weighted by atomic mass is 16.2. The molecule has 2 amide bonds. The van der Waals surface area contributed by atoms with Crippen LogP contribution in [-0.4, -0.2) is 12.1 Å². The van der Waals surface area contributed by atoms with Gasteiger partial charge in [-0.2, -0.15) is 5.26 Å². The van der Waals surface area contributed by atoms with E-state index in [1.807, 2.05) is 19.9 Å². The standard InChI is InChI=1S/C13H17N3O/c1-3-11(4-2)15-13(17)16-12-8-6-5-7-10(12)9-14/h5-8,11H,3-4H2,1-2H3,(H2,15,16,17). The van der Waals surface area contributed by atoms with Crippen molar-refractivity contribution in [3.8, 4) is 6.07 Å². The Balaban J connectivity index is 2.65. The predicted octanol–water partition coefficient (Wildman–Crippen LogP) is 2.87. The number of carbonyl (C=O) groups excluding carboxylic acids is 1. The average Bonchev–Trinajstić information content (AvgIpc) is 2.36. The highest BCUT2D eigenvalue weighted by Crippen LogP contribution is 2.13. The van der Waals surface area contributed by atoms with Crippen LogP contribution >= 0.6 is 0 Å². The fraction of sp³-hybridized carbons (Fsp3) is 0.385. The largest absolute Gasteiger partial charge is 0.335 e. The van der Waals surface area contributed by atoms with Crippen LogP contribution in [0.1, 0.15) is 32.3 Å². The summed E-state index contributed by atoms with van der Waals surface area (Å²) in [5.41, 5.74) is 1.01. The van der Waals surface area contributed by atoms with Crippen molar-refractivity contribution in [1.29, 1.82) is 5.26 Å². The molecule has 1 aromatic rings. The Morgan fingerprint density at radius 1 is 1.35 bits per heavy atom. The van der Waals surface area contributed by atoms with Gasteiger partial charge in [-0.3, -0.25) is 0 Å². The number of hydrogen-bond acceptors (Lipinski definition) is 2. The molecule has 0 fully saturated rings. The number of urea groups is 1. The smallest absolute Gasteiger partial charge is 0.319 e. The summed E-state index contributed by atoms with van der Waals surface area (Å²) in [7, 11) is 0. The maximum absolute atomic E-state index is 11.7. The molecule has 2 N–H and O–H groups in total. The van der Waals surface area contributed by atoms with E-state index >= 15 is 0 Å². The molecule has 4 heteroatoms. The Morgan fingerprint density at radius 2 is 2.00 bits per heavy atom. The maximum Gasteiger partial charge on any atom is 0.319 e. The summed E-state index contributed by atoms with van der Waals surface area (Å²) < 4.78 is 0. The van der Waals surface area contributed by atoms with Crippen LogP contribution in [0.25, 0.3) is 0 Å². The minimum Gasteiger partial charge on any atom is -0.335 e. The van der Waals surface area contributed by atoms with E-state index in [0.717, 1.165) is 12.8 Å². The second kappa shape index (κ2) is 6.54. The molecule has 1 rings (SSSR count). The van der Waals surface area contributed by atoms with Crippen LogP contribution in [0, 0.1) is 11.3 Å². The maximum atomic E-state index is 11.7. The number of carbonyl (C=O) groups is 1. The Morgan fingerprint density at radius 3 is 2.59 bits per heavy atom. The number of nitrogens with zero attached hydrogens (tertiary/aromatic N) is 1. The van der Waals surface area contributed by atoms with Crippen molar-refractivity contribution in [2.24, 2.45) is 0 Å². The van der Waals surface area contributed by atoms with Gasteiger partial charge >= 0.3 is 6.03 Å². The topological polar surface area (TPSA) is 64.9 Å². The zero-order valence-corrected chi connectivity index (χ0v) is 10.2. The van der Waals surface area contributed by atoms with E-state index in [0.29, 0.717) is 11.3 Å². The van der Waals surface area contributed by atoms with Crippen LogP contribution in [0.2, 0.25) is 0 Å². The molecule has 0 saturated heterocycles. The Hall–Kier alpha value is -2.02. The molecule has 0 spiro atoms. The molecule has 0 radical (unpaired) electrons. The lowest BCUT2D eigenvalue weighted by Crippen LogP contribution is -2.37. The van der Waals surface area contributed by atoms with Crippen molar-refractivity contribution in [3.05, 3.63) is 29.8 Å². The predicted molar refractivity (Wildman–Crippen MR) is 67.7 cm³/mol. The highest BCUT2D eigenvalue weighted by Gasteiger charge is 2.09. The first-order chi connectivity index (χ1) is 8.21. The molecule has 4 nitrogen and oxygen atoms in total. The normalized spacial score (nSPS) is 9.76. The van der Waals surface area contributed by atoms with Crippen LogP contribution < -0.4 is 10.6 Å². The highest BCUT2D eigenvalue weighted by molar-refractivity contribution is 5.90. The molecule has 17 heavy (non-hydrogen) atoms. The number of benzene rings is 1. The van der Waals surface area contributed by atoms with Gasteiger partial charge in [-0.25, -0.2) is 4.79 Å². The summed E-state index contributed by atoms with van der Waals surface area (Å²) >= 11 is 0. The van der Waals surface area contributed by atoms with Crippen LogP contribution in [0.15, 0.2) is 24.3 Å². The van der Waals surface area contributed by atoms with Gasteiger partial charge in [-0.05, 0) is 25.0 Å². The first kappa shape index (κ1) is 13.0. The van der Waals surface area contributed by atoms with Crippen molar-refractivity contribution in [3.63, 3.8) is 0 Å². The van der Waals surface area contributed by atoms with E-state index in [1.165, 1.54) is 0 Å². The molecule has 90 valence electrons. The van der Waals surface area contributed by atoms with Crippen molar-refractivity contribution in [1.82, 2.24) is 5.32 Å². The van der Waals surface area contributed by atoms with Crippen molar-refractivity contribution in [2.75, 3.05) is 5.32 Å². The Labute approximate surface area is 102 Å². The molecule has 0 aromatic heterocycles. The lowest BCUT2D eigenvalue weighted by atomic mass is 10.2. The van der Waals surface area contributed by atoms with E-state index in [1.54, 1.807) is 24.3 Å². The molecule has 0 bridgehead atoms. The minimum absolute atomic E-state index is 0.171. The number of hydrogen-bond donors (Lipinski definition) is 2. The third-order valence-corrected chi connectivity index (χ3v) is 2.62. The van der Waals surface area contributed by atoms with Crippen LogP contribution in [0.3, 0.4) is 0 Å². The zero-order valence-electron chi connectivity index (χ0n) is 10.2. The van der Waals surface area contributed by atoms with Gasteiger partial charge in [-0.1, -0.05) is 26.0 Å². The van der Waals surface area contributed by atoms with Crippen LogP contribution in [0.4, 0.5) is 10.5 Å². The summed E-state index contributed by atoms with van der Waals surface area (Å²) in [4.78, 5) is 11.7. The Kier molecular flexibility index (Phi) is 5.02. The van der Waals surface area contributed by atoms with Crippen LogP contribution in [-0.2, 0) is 0 Å². The van der Waals surface area contributed by atoms with Gasteiger partial charge in [0, 0.05) is 6.04 Å². The summed E-state index contributed by atoms with van der Waals surface area (Å²) in [6.07, 6.45) is 1.79. The van der Waals surface area contributed by atoms with Gasteiger partial charge in [0.25, 0.3) is 0 Å². The van der Waals surface area contributed by atoms with Crippen molar-refractivity contribution >= 4 is 11.7 Å². The van der Waals surface area contributed by atoms with E-state index in [-0.39, 0.29) is 12.1 Å². The summed E-state index contributed by atoms with van der Waals surface area (Å²) in [5, 5.41) is 14.4. The lowest BCUT2D eigenvalue weighted by Gasteiger charge is -2.15. The van der Waals surface area contributed by atoms with Crippen molar-refractivity contribution < 1.29 is 4.79 Å². The summed E-state index contributed by atoms with van der Waals surface area (Å²) in [6, 6.07) is 8.89. The molecular formula is C13H17N3O. The monoisotopic (exact) mass is 231 g/mol. The van der Waals surface area contributed by atoms with Gasteiger partial charge in [-0.15, -0.1) is 0 Å². The summed E-state index contributed by atoms with van der Waals surface area (Å²) in [6.45, 7) is 4.05.